The Hall–Kier alpha value is -1.75. The highest BCUT2D eigenvalue weighted by Crippen LogP contribution is 2.15. The highest BCUT2D eigenvalue weighted by atomic mass is 16.6. The minimum atomic E-state index is -0.386. The zero-order chi connectivity index (χ0) is 11.1. The van der Waals surface area contributed by atoms with Crippen molar-refractivity contribution >= 4 is 11.7 Å². The summed E-state index contributed by atoms with van der Waals surface area (Å²) in [5.41, 5.74) is 3.20. The van der Waals surface area contributed by atoms with Crippen LogP contribution in [0.1, 0.15) is 6.92 Å². The summed E-state index contributed by atoms with van der Waals surface area (Å²) in [5, 5.41) is 0. The number of nitrogens with two attached hydrogens (primary N) is 1. The molecule has 3 N–H and O–H groups in total. The van der Waals surface area contributed by atoms with Crippen LogP contribution in [0.5, 0.6) is 5.75 Å². The van der Waals surface area contributed by atoms with Crippen LogP contribution in [0.3, 0.4) is 0 Å². The summed E-state index contributed by atoms with van der Waals surface area (Å²) >= 11 is 0. The maximum absolute atomic E-state index is 11.0. The first kappa shape index (κ1) is 11.3. The van der Waals surface area contributed by atoms with E-state index < -0.39 is 0 Å². The van der Waals surface area contributed by atoms with Gasteiger partial charge >= 0.3 is 5.97 Å². The summed E-state index contributed by atoms with van der Waals surface area (Å²) in [4.78, 5) is 11.0. The van der Waals surface area contributed by atoms with Crippen LogP contribution in [0.2, 0.25) is 0 Å². The first-order valence-corrected chi connectivity index (χ1v) is 4.61. The number of benzene rings is 1. The smallest absolute Gasteiger partial charge is 0.344 e. The van der Waals surface area contributed by atoms with E-state index in [4.69, 9.17) is 15.3 Å². The molecule has 5 heteroatoms. The van der Waals surface area contributed by atoms with E-state index in [2.05, 4.69) is 5.43 Å². The van der Waals surface area contributed by atoms with Gasteiger partial charge in [0.25, 0.3) is 0 Å². The third-order valence-electron chi connectivity index (χ3n) is 1.66. The molecule has 1 aromatic rings. The molecule has 0 heterocycles. The predicted molar refractivity (Wildman–Crippen MR) is 56.4 cm³/mol. The van der Waals surface area contributed by atoms with Crippen LogP contribution >= 0.6 is 0 Å². The molecule has 0 unspecified atom stereocenters. The fourth-order valence-corrected chi connectivity index (χ4v) is 1.02. The van der Waals surface area contributed by atoms with Crippen molar-refractivity contribution in [2.45, 2.75) is 6.92 Å². The van der Waals surface area contributed by atoms with Crippen molar-refractivity contribution < 1.29 is 14.3 Å². The summed E-state index contributed by atoms with van der Waals surface area (Å²) in [6, 6.07) is 6.99. The Balaban J connectivity index is 2.46. The predicted octanol–water partition coefficient (Wildman–Crippen LogP) is 0.914. The van der Waals surface area contributed by atoms with Crippen LogP contribution in [0.25, 0.3) is 0 Å². The van der Waals surface area contributed by atoms with Gasteiger partial charge in [-0.1, -0.05) is 6.07 Å². The lowest BCUT2D eigenvalue weighted by Gasteiger charge is -2.07. The van der Waals surface area contributed by atoms with Gasteiger partial charge in [0.15, 0.2) is 6.61 Å². The number of hydrogen-bond donors (Lipinski definition) is 2. The monoisotopic (exact) mass is 210 g/mol. The molecule has 1 rings (SSSR count). The zero-order valence-corrected chi connectivity index (χ0v) is 8.53. The minimum Gasteiger partial charge on any atom is -0.482 e. The zero-order valence-electron chi connectivity index (χ0n) is 8.53. The van der Waals surface area contributed by atoms with E-state index in [0.717, 1.165) is 5.69 Å². The summed E-state index contributed by atoms with van der Waals surface area (Å²) in [6.07, 6.45) is 0. The van der Waals surface area contributed by atoms with Gasteiger partial charge in [-0.05, 0) is 19.1 Å². The van der Waals surface area contributed by atoms with Crippen molar-refractivity contribution in [3.8, 4) is 5.75 Å². The Morgan fingerprint density at radius 1 is 1.53 bits per heavy atom. The number of nitrogens with one attached hydrogen (secondary N) is 1. The normalized spacial score (nSPS) is 9.47. The summed E-state index contributed by atoms with van der Waals surface area (Å²) in [6.45, 7) is 2.01. The van der Waals surface area contributed by atoms with Gasteiger partial charge in [0, 0.05) is 6.07 Å². The quantitative estimate of drug-likeness (QED) is 0.429. The molecule has 0 radical (unpaired) electrons. The van der Waals surface area contributed by atoms with Crippen LogP contribution in [-0.2, 0) is 9.53 Å². The van der Waals surface area contributed by atoms with E-state index in [-0.39, 0.29) is 12.6 Å². The van der Waals surface area contributed by atoms with Crippen LogP contribution in [0.15, 0.2) is 24.3 Å². The molecule has 0 saturated heterocycles. The van der Waals surface area contributed by atoms with E-state index in [1.807, 2.05) is 0 Å². The highest BCUT2D eigenvalue weighted by Gasteiger charge is 2.02. The van der Waals surface area contributed by atoms with E-state index in [1.165, 1.54) is 0 Å². The van der Waals surface area contributed by atoms with Crippen molar-refractivity contribution in [3.05, 3.63) is 24.3 Å². The molecule has 15 heavy (non-hydrogen) atoms. The molecular formula is C10H14N2O3. The molecule has 0 amide bonds. The van der Waals surface area contributed by atoms with Gasteiger partial charge in [-0.25, -0.2) is 4.79 Å². The van der Waals surface area contributed by atoms with Gasteiger partial charge < -0.3 is 14.9 Å². The van der Waals surface area contributed by atoms with Gasteiger partial charge in [0.05, 0.1) is 12.3 Å². The molecule has 0 aliphatic carbocycles. The number of esters is 1. The fraction of sp³-hybridized carbons (Fsp3) is 0.300. The van der Waals surface area contributed by atoms with Crippen molar-refractivity contribution in [1.82, 2.24) is 0 Å². The summed E-state index contributed by atoms with van der Waals surface area (Å²) in [5.74, 6) is 5.41. The molecule has 0 aliphatic rings. The lowest BCUT2D eigenvalue weighted by molar-refractivity contribution is -0.145. The van der Waals surface area contributed by atoms with Gasteiger partial charge in [0.2, 0.25) is 0 Å². The van der Waals surface area contributed by atoms with Gasteiger partial charge in [0.1, 0.15) is 5.75 Å². The topological polar surface area (TPSA) is 73.6 Å². The van der Waals surface area contributed by atoms with Crippen LogP contribution in [-0.4, -0.2) is 19.2 Å². The van der Waals surface area contributed by atoms with Crippen LogP contribution < -0.4 is 16.0 Å². The number of carbonyl (C=O) groups excluding carboxylic acids is 1. The van der Waals surface area contributed by atoms with Crippen LogP contribution in [0.4, 0.5) is 5.69 Å². The lowest BCUT2D eigenvalue weighted by Crippen LogP contribution is -2.14. The molecule has 0 fully saturated rings. The Bertz CT molecular complexity index is 328. The summed E-state index contributed by atoms with van der Waals surface area (Å²) < 4.78 is 9.91. The number of carbonyl (C=O) groups is 1. The molecule has 1 aromatic carbocycles. The number of ether oxygens (including phenoxy) is 2. The molecule has 82 valence electrons. The second-order valence-corrected chi connectivity index (χ2v) is 2.77. The maximum Gasteiger partial charge on any atom is 0.344 e. The van der Waals surface area contributed by atoms with Crippen molar-refractivity contribution in [2.24, 2.45) is 5.84 Å². The van der Waals surface area contributed by atoms with E-state index in [1.54, 1.807) is 31.2 Å². The second kappa shape index (κ2) is 5.87. The average molecular weight is 210 g/mol. The minimum absolute atomic E-state index is 0.0954. The number of hydrogen-bond acceptors (Lipinski definition) is 5. The Labute approximate surface area is 88.1 Å². The lowest BCUT2D eigenvalue weighted by atomic mass is 10.3. The molecule has 0 bridgehead atoms. The highest BCUT2D eigenvalue weighted by molar-refractivity contribution is 5.71. The molecule has 0 aliphatic heterocycles. The largest absolute Gasteiger partial charge is 0.482 e. The number of hydrazine groups is 1. The molecule has 0 saturated carbocycles. The number of nitrogen functional groups attached to an aromatic ring is 1. The standard InChI is InChI=1S/C10H14N2O3/c1-2-14-10(13)7-15-9-5-3-4-8(6-9)12-11/h3-6,12H,2,7,11H2,1H3. The second-order valence-electron chi connectivity index (χ2n) is 2.77. The van der Waals surface area contributed by atoms with E-state index >= 15 is 0 Å². The Morgan fingerprint density at radius 2 is 2.33 bits per heavy atom. The Kier molecular flexibility index (Phi) is 4.43. The molecule has 0 atom stereocenters. The molecule has 0 spiro atoms. The van der Waals surface area contributed by atoms with Gasteiger partial charge in [-0.3, -0.25) is 5.84 Å². The first-order chi connectivity index (χ1) is 7.26. The average Bonchev–Trinajstić information content (AvgIpc) is 2.27. The van der Waals surface area contributed by atoms with E-state index in [0.29, 0.717) is 12.4 Å². The Morgan fingerprint density at radius 3 is 3.00 bits per heavy atom. The molecule has 0 aromatic heterocycles. The fourth-order valence-electron chi connectivity index (χ4n) is 1.02. The molecule has 5 nitrogen and oxygen atoms in total. The maximum atomic E-state index is 11.0. The molecular weight excluding hydrogens is 196 g/mol. The number of rotatable bonds is 5. The number of anilines is 1. The van der Waals surface area contributed by atoms with Crippen molar-refractivity contribution in [3.63, 3.8) is 0 Å². The van der Waals surface area contributed by atoms with Gasteiger partial charge in [-0.2, -0.15) is 0 Å². The van der Waals surface area contributed by atoms with Crippen LogP contribution in [0, 0.1) is 0 Å². The first-order valence-electron chi connectivity index (χ1n) is 4.61. The summed E-state index contributed by atoms with van der Waals surface area (Å²) in [7, 11) is 0. The van der Waals surface area contributed by atoms with Crippen molar-refractivity contribution in [2.75, 3.05) is 18.6 Å². The van der Waals surface area contributed by atoms with Gasteiger partial charge in [-0.15, -0.1) is 0 Å². The SMILES string of the molecule is CCOC(=O)COc1cccc(NN)c1. The van der Waals surface area contributed by atoms with E-state index in [9.17, 15) is 4.79 Å². The third kappa shape index (κ3) is 3.86. The third-order valence-corrected chi connectivity index (χ3v) is 1.66. The van der Waals surface area contributed by atoms with Crippen molar-refractivity contribution in [1.29, 1.82) is 0 Å².